The van der Waals surface area contributed by atoms with Gasteiger partial charge < -0.3 is 0 Å². The third-order valence-corrected chi connectivity index (χ3v) is 2.64. The van der Waals surface area contributed by atoms with Gasteiger partial charge in [0.15, 0.2) is 5.65 Å². The van der Waals surface area contributed by atoms with Crippen LogP contribution in [0.4, 0.5) is 0 Å². The first kappa shape index (κ1) is 9.77. The molecule has 0 spiro atoms. The molecule has 0 unspecified atom stereocenters. The molecule has 0 aliphatic carbocycles. The zero-order valence-corrected chi connectivity index (χ0v) is 9.21. The number of hydrogen-bond acceptors (Lipinski definition) is 3. The third kappa shape index (κ3) is 1.52. The minimum atomic E-state index is -0.260. The summed E-state index contributed by atoms with van der Waals surface area (Å²) in [5, 5.41) is 6.36. The van der Waals surface area contributed by atoms with Gasteiger partial charge in [-0.1, -0.05) is 30.3 Å². The van der Waals surface area contributed by atoms with Gasteiger partial charge in [-0.05, 0) is 6.92 Å². The zero-order chi connectivity index (χ0) is 11.8. The molecule has 0 fully saturated rings. The van der Waals surface area contributed by atoms with Gasteiger partial charge in [0.25, 0.3) is 0 Å². The van der Waals surface area contributed by atoms with Crippen molar-refractivity contribution in [2.75, 3.05) is 0 Å². The maximum absolute atomic E-state index is 11.5. The second-order valence-corrected chi connectivity index (χ2v) is 3.78. The van der Waals surface area contributed by atoms with E-state index in [1.54, 1.807) is 13.0 Å². The molecule has 5 nitrogen and oxygen atoms in total. The summed E-state index contributed by atoms with van der Waals surface area (Å²) in [6, 6.07) is 11.6. The van der Waals surface area contributed by atoms with E-state index in [9.17, 15) is 4.79 Å². The Morgan fingerprint density at radius 3 is 2.76 bits per heavy atom. The molecule has 84 valence electrons. The number of H-pyrrole nitrogens is 1. The predicted octanol–water partition coefficient (Wildman–Crippen LogP) is 1.39. The van der Waals surface area contributed by atoms with Crippen molar-refractivity contribution in [2.24, 2.45) is 0 Å². The summed E-state index contributed by atoms with van der Waals surface area (Å²) in [7, 11) is 0. The van der Waals surface area contributed by atoms with Crippen LogP contribution in [0.25, 0.3) is 16.9 Å². The lowest BCUT2D eigenvalue weighted by Crippen LogP contribution is -2.13. The summed E-state index contributed by atoms with van der Waals surface area (Å²) in [5.41, 5.74) is 2.15. The minimum absolute atomic E-state index is 0.260. The van der Waals surface area contributed by atoms with E-state index in [-0.39, 0.29) is 5.69 Å². The number of nitrogens with zero attached hydrogens (tertiary/aromatic N) is 3. The van der Waals surface area contributed by atoms with Gasteiger partial charge in [0.2, 0.25) is 0 Å². The van der Waals surface area contributed by atoms with Crippen LogP contribution >= 0.6 is 0 Å². The molecule has 0 aliphatic heterocycles. The Balaban J connectivity index is 2.30. The standard InChI is InChI=1S/C12H10N4O/c1-8-13-10(9-5-3-2-4-6-9)7-11-14-15-12(17)16(8)11/h2-7H,1H3,(H,15,17). The Kier molecular flexibility index (Phi) is 2.04. The number of hydrogen-bond donors (Lipinski definition) is 1. The number of aromatic amines is 1. The molecule has 1 aromatic carbocycles. The second-order valence-electron chi connectivity index (χ2n) is 3.78. The van der Waals surface area contributed by atoms with E-state index in [0.29, 0.717) is 11.5 Å². The summed E-state index contributed by atoms with van der Waals surface area (Å²) >= 11 is 0. The highest BCUT2D eigenvalue weighted by Gasteiger charge is 2.07. The lowest BCUT2D eigenvalue weighted by Gasteiger charge is -2.03. The van der Waals surface area contributed by atoms with Crippen LogP contribution in [0.15, 0.2) is 41.2 Å². The van der Waals surface area contributed by atoms with E-state index in [4.69, 9.17) is 0 Å². The normalized spacial score (nSPS) is 10.9. The Hall–Kier alpha value is -2.43. The van der Waals surface area contributed by atoms with E-state index in [1.807, 2.05) is 30.3 Å². The SMILES string of the molecule is Cc1nc(-c2ccccc2)cc2n[nH]c(=O)n12. The van der Waals surface area contributed by atoms with Gasteiger partial charge in [0.05, 0.1) is 5.69 Å². The summed E-state index contributed by atoms with van der Waals surface area (Å²) in [4.78, 5) is 15.9. The molecular weight excluding hydrogens is 216 g/mol. The van der Waals surface area contributed by atoms with Crippen molar-refractivity contribution < 1.29 is 0 Å². The van der Waals surface area contributed by atoms with E-state index in [0.717, 1.165) is 11.3 Å². The number of nitrogens with one attached hydrogen (secondary N) is 1. The van der Waals surface area contributed by atoms with E-state index in [2.05, 4.69) is 15.2 Å². The van der Waals surface area contributed by atoms with Crippen molar-refractivity contribution in [1.82, 2.24) is 19.6 Å². The number of aryl methyl sites for hydroxylation is 1. The molecule has 0 amide bonds. The van der Waals surface area contributed by atoms with Gasteiger partial charge in [-0.3, -0.25) is 0 Å². The van der Waals surface area contributed by atoms with Gasteiger partial charge >= 0.3 is 5.69 Å². The number of benzene rings is 1. The van der Waals surface area contributed by atoms with Crippen LogP contribution in [0.1, 0.15) is 5.82 Å². The number of rotatable bonds is 1. The van der Waals surface area contributed by atoms with Crippen molar-refractivity contribution in [3.8, 4) is 11.3 Å². The van der Waals surface area contributed by atoms with Gasteiger partial charge in [0.1, 0.15) is 5.82 Å². The van der Waals surface area contributed by atoms with Crippen LogP contribution in [0.5, 0.6) is 0 Å². The molecule has 3 rings (SSSR count). The Morgan fingerprint density at radius 1 is 1.24 bits per heavy atom. The highest BCUT2D eigenvalue weighted by Crippen LogP contribution is 2.17. The smallest absolute Gasteiger partial charge is 0.246 e. The van der Waals surface area contributed by atoms with Crippen LogP contribution < -0.4 is 5.69 Å². The average molecular weight is 226 g/mol. The van der Waals surface area contributed by atoms with Crippen LogP contribution in [0.2, 0.25) is 0 Å². The Bertz CT molecular complexity index is 727. The minimum Gasteiger partial charge on any atom is -0.246 e. The van der Waals surface area contributed by atoms with Gasteiger partial charge in [-0.2, -0.15) is 5.10 Å². The molecule has 2 heterocycles. The molecule has 3 aromatic rings. The quantitative estimate of drug-likeness (QED) is 0.682. The third-order valence-electron chi connectivity index (χ3n) is 2.64. The van der Waals surface area contributed by atoms with E-state index in [1.165, 1.54) is 4.40 Å². The Labute approximate surface area is 96.8 Å². The number of fused-ring (bicyclic) bond motifs is 1. The highest BCUT2D eigenvalue weighted by atomic mass is 16.1. The average Bonchev–Trinajstić information content (AvgIpc) is 2.73. The molecule has 0 aliphatic rings. The number of aromatic nitrogens is 4. The van der Waals surface area contributed by atoms with Crippen LogP contribution in [-0.4, -0.2) is 19.6 Å². The van der Waals surface area contributed by atoms with Crippen LogP contribution in [0.3, 0.4) is 0 Å². The van der Waals surface area contributed by atoms with Crippen molar-refractivity contribution in [3.05, 3.63) is 52.7 Å². The molecule has 1 N–H and O–H groups in total. The fourth-order valence-electron chi connectivity index (χ4n) is 1.85. The molecule has 0 atom stereocenters. The molecule has 0 bridgehead atoms. The molecular formula is C12H10N4O. The second kappa shape index (κ2) is 3.55. The first-order valence-electron chi connectivity index (χ1n) is 5.26. The molecule has 0 saturated carbocycles. The first-order valence-corrected chi connectivity index (χ1v) is 5.26. The van der Waals surface area contributed by atoms with Gasteiger partial charge in [0, 0.05) is 11.6 Å². The van der Waals surface area contributed by atoms with E-state index < -0.39 is 0 Å². The first-order chi connectivity index (χ1) is 8.25. The lowest BCUT2D eigenvalue weighted by atomic mass is 10.1. The van der Waals surface area contributed by atoms with Crippen molar-refractivity contribution in [2.45, 2.75) is 6.92 Å². The monoisotopic (exact) mass is 226 g/mol. The summed E-state index contributed by atoms with van der Waals surface area (Å²) in [6.45, 7) is 1.79. The topological polar surface area (TPSA) is 63.0 Å². The summed E-state index contributed by atoms with van der Waals surface area (Å²) in [5.74, 6) is 0.625. The highest BCUT2D eigenvalue weighted by molar-refractivity contribution is 5.63. The zero-order valence-electron chi connectivity index (χ0n) is 9.21. The molecule has 17 heavy (non-hydrogen) atoms. The molecule has 0 saturated heterocycles. The van der Waals surface area contributed by atoms with E-state index >= 15 is 0 Å². The summed E-state index contributed by atoms with van der Waals surface area (Å²) < 4.78 is 1.45. The lowest BCUT2D eigenvalue weighted by molar-refractivity contribution is 0.939. The largest absolute Gasteiger partial charge is 0.349 e. The van der Waals surface area contributed by atoms with Crippen LogP contribution in [0, 0.1) is 6.92 Å². The van der Waals surface area contributed by atoms with Crippen molar-refractivity contribution in [1.29, 1.82) is 0 Å². The molecule has 2 aromatic heterocycles. The molecule has 0 radical (unpaired) electrons. The fourth-order valence-corrected chi connectivity index (χ4v) is 1.85. The van der Waals surface area contributed by atoms with Crippen LogP contribution in [-0.2, 0) is 0 Å². The maximum atomic E-state index is 11.5. The Morgan fingerprint density at radius 2 is 2.00 bits per heavy atom. The summed E-state index contributed by atoms with van der Waals surface area (Å²) in [6.07, 6.45) is 0. The maximum Gasteiger partial charge on any atom is 0.349 e. The van der Waals surface area contributed by atoms with Gasteiger partial charge in [-0.15, -0.1) is 0 Å². The fraction of sp³-hybridized carbons (Fsp3) is 0.0833. The van der Waals surface area contributed by atoms with Gasteiger partial charge in [-0.25, -0.2) is 19.3 Å². The van der Waals surface area contributed by atoms with Crippen molar-refractivity contribution >= 4 is 5.65 Å². The molecule has 5 heteroatoms. The van der Waals surface area contributed by atoms with Crippen molar-refractivity contribution in [3.63, 3.8) is 0 Å². The predicted molar refractivity (Wildman–Crippen MR) is 63.8 cm³/mol.